The molecule has 7 heteroatoms. The van der Waals surface area contributed by atoms with Crippen molar-refractivity contribution >= 4 is 0 Å². The number of hydrogen-bond acceptors (Lipinski definition) is 7. The SMILES string of the molecule is Cc1c(OCCCN2CCC(O)C2)cccc1-c1cccc(OCCCN2CCC(O)C2)c1C#N. The summed E-state index contributed by atoms with van der Waals surface area (Å²) in [6.07, 6.45) is 3.05. The molecule has 188 valence electrons. The minimum absolute atomic E-state index is 0.192. The number of benzene rings is 2. The second-order valence-corrected chi connectivity index (χ2v) is 9.61. The van der Waals surface area contributed by atoms with E-state index in [1.165, 1.54) is 0 Å². The van der Waals surface area contributed by atoms with Crippen molar-refractivity contribution in [3.8, 4) is 28.7 Å². The first kappa shape index (κ1) is 25.5. The number of likely N-dealkylation sites (tertiary alicyclic amines) is 2. The molecule has 7 nitrogen and oxygen atoms in total. The van der Waals surface area contributed by atoms with Crippen LogP contribution in [0, 0.1) is 18.3 Å². The Morgan fingerprint density at radius 3 is 1.94 bits per heavy atom. The second kappa shape index (κ2) is 12.4. The summed E-state index contributed by atoms with van der Waals surface area (Å²) in [6, 6.07) is 14.1. The summed E-state index contributed by atoms with van der Waals surface area (Å²) in [7, 11) is 0. The molecule has 2 unspecified atom stereocenters. The number of nitrogens with zero attached hydrogens (tertiary/aromatic N) is 3. The van der Waals surface area contributed by atoms with Crippen LogP contribution in [0.3, 0.4) is 0 Å². The molecular formula is C28H37N3O4. The fourth-order valence-electron chi connectivity index (χ4n) is 5.02. The van der Waals surface area contributed by atoms with Crippen LogP contribution in [0.25, 0.3) is 11.1 Å². The molecule has 0 bridgehead atoms. The normalized spacial score (nSPS) is 20.7. The Labute approximate surface area is 208 Å². The Kier molecular flexibility index (Phi) is 9.00. The lowest BCUT2D eigenvalue weighted by molar-refractivity contribution is 0.172. The van der Waals surface area contributed by atoms with Crippen LogP contribution >= 0.6 is 0 Å². The molecule has 0 saturated carbocycles. The zero-order valence-corrected chi connectivity index (χ0v) is 20.7. The maximum absolute atomic E-state index is 9.96. The highest BCUT2D eigenvalue weighted by atomic mass is 16.5. The third kappa shape index (κ3) is 6.74. The number of rotatable bonds is 11. The van der Waals surface area contributed by atoms with Crippen LogP contribution in [-0.4, -0.2) is 84.7 Å². The van der Waals surface area contributed by atoms with Gasteiger partial charge in [0.25, 0.3) is 0 Å². The molecule has 2 aliphatic rings. The molecule has 2 saturated heterocycles. The quantitative estimate of drug-likeness (QED) is 0.479. The van der Waals surface area contributed by atoms with E-state index in [4.69, 9.17) is 9.47 Å². The third-order valence-corrected chi connectivity index (χ3v) is 6.96. The molecule has 4 rings (SSSR count). The minimum atomic E-state index is -0.208. The molecule has 0 spiro atoms. The molecule has 2 heterocycles. The fraction of sp³-hybridized carbons (Fsp3) is 0.536. The highest BCUT2D eigenvalue weighted by Gasteiger charge is 2.20. The van der Waals surface area contributed by atoms with Gasteiger partial charge in [0.1, 0.15) is 23.1 Å². The van der Waals surface area contributed by atoms with E-state index in [1.807, 2.05) is 43.3 Å². The molecule has 2 atom stereocenters. The van der Waals surface area contributed by atoms with Crippen LogP contribution < -0.4 is 9.47 Å². The molecule has 0 aromatic heterocycles. The zero-order valence-electron chi connectivity index (χ0n) is 20.7. The van der Waals surface area contributed by atoms with Crippen LogP contribution in [0.5, 0.6) is 11.5 Å². The molecule has 2 aromatic carbocycles. The van der Waals surface area contributed by atoms with Crippen molar-refractivity contribution in [3.05, 3.63) is 47.5 Å². The smallest absolute Gasteiger partial charge is 0.137 e. The van der Waals surface area contributed by atoms with E-state index >= 15 is 0 Å². The van der Waals surface area contributed by atoms with Gasteiger partial charge < -0.3 is 29.5 Å². The number of hydrogen-bond donors (Lipinski definition) is 2. The highest BCUT2D eigenvalue weighted by molar-refractivity contribution is 5.77. The number of aliphatic hydroxyl groups excluding tert-OH is 2. The van der Waals surface area contributed by atoms with Crippen molar-refractivity contribution < 1.29 is 19.7 Å². The maximum Gasteiger partial charge on any atom is 0.137 e. The van der Waals surface area contributed by atoms with Gasteiger partial charge in [-0.15, -0.1) is 0 Å². The Hall–Kier alpha value is -2.63. The van der Waals surface area contributed by atoms with Gasteiger partial charge in [-0.25, -0.2) is 0 Å². The van der Waals surface area contributed by atoms with Gasteiger partial charge in [0.05, 0.1) is 25.4 Å². The topological polar surface area (TPSA) is 89.2 Å². The Balaban J connectivity index is 1.36. The van der Waals surface area contributed by atoms with Gasteiger partial charge in [-0.2, -0.15) is 5.26 Å². The van der Waals surface area contributed by atoms with E-state index in [9.17, 15) is 15.5 Å². The van der Waals surface area contributed by atoms with Crippen molar-refractivity contribution in [2.24, 2.45) is 0 Å². The Morgan fingerprint density at radius 2 is 1.40 bits per heavy atom. The summed E-state index contributed by atoms with van der Waals surface area (Å²) >= 11 is 0. The standard InChI is InChI=1S/C28H37N3O4/c1-21-24(6-2-8-27(21)34-16-4-12-30-14-10-22(32)19-30)25-7-3-9-28(26(25)18-29)35-17-5-13-31-15-11-23(33)20-31/h2-3,6-9,22-23,32-33H,4-5,10-17,19-20H2,1H3. The van der Waals surface area contributed by atoms with Gasteiger partial charge in [0, 0.05) is 44.8 Å². The highest BCUT2D eigenvalue weighted by Crippen LogP contribution is 2.35. The first-order valence-electron chi connectivity index (χ1n) is 12.7. The number of ether oxygens (including phenoxy) is 2. The number of nitriles is 1. The van der Waals surface area contributed by atoms with Crippen molar-refractivity contribution in [2.45, 2.75) is 44.8 Å². The number of aliphatic hydroxyl groups is 2. The maximum atomic E-state index is 9.96. The molecular weight excluding hydrogens is 442 g/mol. The van der Waals surface area contributed by atoms with Gasteiger partial charge in [-0.1, -0.05) is 24.3 Å². The van der Waals surface area contributed by atoms with Crippen LogP contribution in [0.2, 0.25) is 0 Å². The van der Waals surface area contributed by atoms with Crippen molar-refractivity contribution in [2.75, 3.05) is 52.5 Å². The van der Waals surface area contributed by atoms with Gasteiger partial charge >= 0.3 is 0 Å². The van der Waals surface area contributed by atoms with Crippen LogP contribution in [-0.2, 0) is 0 Å². The van der Waals surface area contributed by atoms with E-state index in [0.717, 1.165) is 87.4 Å². The summed E-state index contributed by atoms with van der Waals surface area (Å²) in [6.45, 7) is 8.34. The van der Waals surface area contributed by atoms with E-state index in [2.05, 4.69) is 15.9 Å². The molecule has 0 radical (unpaired) electrons. The van der Waals surface area contributed by atoms with Gasteiger partial charge in [-0.05, 0) is 55.9 Å². The zero-order chi connectivity index (χ0) is 24.6. The predicted molar refractivity (Wildman–Crippen MR) is 136 cm³/mol. The molecule has 2 aromatic rings. The fourth-order valence-corrected chi connectivity index (χ4v) is 5.02. The van der Waals surface area contributed by atoms with E-state index in [-0.39, 0.29) is 12.2 Å². The minimum Gasteiger partial charge on any atom is -0.493 e. The molecule has 2 N–H and O–H groups in total. The predicted octanol–water partition coefficient (Wildman–Crippen LogP) is 3.20. The molecule has 0 aliphatic carbocycles. The molecule has 35 heavy (non-hydrogen) atoms. The van der Waals surface area contributed by atoms with Gasteiger partial charge in [0.2, 0.25) is 0 Å². The lowest BCUT2D eigenvalue weighted by Crippen LogP contribution is -2.24. The summed E-state index contributed by atoms with van der Waals surface area (Å²) in [5.41, 5.74) is 3.36. The molecule has 2 aliphatic heterocycles. The summed E-state index contributed by atoms with van der Waals surface area (Å²) in [5, 5.41) is 29.3. The summed E-state index contributed by atoms with van der Waals surface area (Å²) in [4.78, 5) is 4.52. The Morgan fingerprint density at radius 1 is 0.857 bits per heavy atom. The van der Waals surface area contributed by atoms with Crippen LogP contribution in [0.1, 0.15) is 36.8 Å². The van der Waals surface area contributed by atoms with E-state index in [1.54, 1.807) is 0 Å². The largest absolute Gasteiger partial charge is 0.493 e. The summed E-state index contributed by atoms with van der Waals surface area (Å²) in [5.74, 6) is 1.43. The van der Waals surface area contributed by atoms with E-state index in [0.29, 0.717) is 24.5 Å². The monoisotopic (exact) mass is 479 g/mol. The van der Waals surface area contributed by atoms with Crippen molar-refractivity contribution in [1.29, 1.82) is 5.26 Å². The van der Waals surface area contributed by atoms with Gasteiger partial charge in [-0.3, -0.25) is 0 Å². The second-order valence-electron chi connectivity index (χ2n) is 9.61. The van der Waals surface area contributed by atoms with Crippen molar-refractivity contribution in [1.82, 2.24) is 9.80 Å². The third-order valence-electron chi connectivity index (χ3n) is 6.96. The molecule has 2 fully saturated rings. The summed E-state index contributed by atoms with van der Waals surface area (Å²) < 4.78 is 12.1. The average molecular weight is 480 g/mol. The Bertz CT molecular complexity index is 1020. The first-order valence-corrected chi connectivity index (χ1v) is 12.7. The number of β-amino-alcohol motifs (C(OH)–C–C–N with tert-alkyl or cyclic N) is 2. The van der Waals surface area contributed by atoms with Crippen molar-refractivity contribution in [3.63, 3.8) is 0 Å². The van der Waals surface area contributed by atoms with Gasteiger partial charge in [0.15, 0.2) is 0 Å². The average Bonchev–Trinajstić information content (AvgIpc) is 3.47. The van der Waals surface area contributed by atoms with Crippen LogP contribution in [0.4, 0.5) is 0 Å². The van der Waals surface area contributed by atoms with Crippen LogP contribution in [0.15, 0.2) is 36.4 Å². The lowest BCUT2D eigenvalue weighted by atomic mass is 9.95. The first-order chi connectivity index (χ1) is 17.0. The molecule has 0 amide bonds. The lowest BCUT2D eigenvalue weighted by Gasteiger charge is -2.18. The van der Waals surface area contributed by atoms with E-state index < -0.39 is 0 Å².